The van der Waals surface area contributed by atoms with Crippen LogP contribution < -0.4 is 9.64 Å². The molecule has 2 aromatic carbocycles. The standard InChI is InChI=1S/C21H25ClN2O2/c1-23(2)19-13-16(6-10-20(19)26-3)12-18-9-11-21(25)24(18)14-15-4-7-17(22)8-5-15/h4-8,10,13,18H,9,11-12,14H2,1-3H3. The molecule has 1 heterocycles. The number of hydrogen-bond donors (Lipinski definition) is 0. The molecule has 4 nitrogen and oxygen atoms in total. The van der Waals surface area contributed by atoms with Crippen LogP contribution in [0.1, 0.15) is 24.0 Å². The van der Waals surface area contributed by atoms with Gasteiger partial charge in [-0.2, -0.15) is 0 Å². The van der Waals surface area contributed by atoms with E-state index in [0.29, 0.717) is 18.0 Å². The molecule has 1 aliphatic heterocycles. The van der Waals surface area contributed by atoms with Crippen molar-refractivity contribution in [1.29, 1.82) is 0 Å². The number of carbonyl (C=O) groups excluding carboxylic acids is 1. The number of carbonyl (C=O) groups is 1. The van der Waals surface area contributed by atoms with Gasteiger partial charge in [0.15, 0.2) is 0 Å². The van der Waals surface area contributed by atoms with Gasteiger partial charge in [0.05, 0.1) is 12.8 Å². The predicted molar refractivity (Wildman–Crippen MR) is 106 cm³/mol. The van der Waals surface area contributed by atoms with E-state index in [1.807, 2.05) is 54.2 Å². The molecule has 1 aliphatic rings. The predicted octanol–water partition coefficient (Wildman–Crippen LogP) is 4.15. The number of likely N-dealkylation sites (tertiary alicyclic amines) is 1. The van der Waals surface area contributed by atoms with Gasteiger partial charge in [-0.15, -0.1) is 0 Å². The fourth-order valence-electron chi connectivity index (χ4n) is 3.49. The van der Waals surface area contributed by atoms with Crippen molar-refractivity contribution in [3.63, 3.8) is 0 Å². The summed E-state index contributed by atoms with van der Waals surface area (Å²) in [5.41, 5.74) is 3.38. The third-order valence-corrected chi connectivity index (χ3v) is 5.17. The molecule has 1 amide bonds. The third-order valence-electron chi connectivity index (χ3n) is 4.92. The maximum Gasteiger partial charge on any atom is 0.223 e. The van der Waals surface area contributed by atoms with Crippen LogP contribution in [0.4, 0.5) is 5.69 Å². The molecule has 0 N–H and O–H groups in total. The molecule has 0 aromatic heterocycles. The molecule has 0 saturated carbocycles. The van der Waals surface area contributed by atoms with Gasteiger partial charge in [0.1, 0.15) is 5.75 Å². The van der Waals surface area contributed by atoms with Gasteiger partial charge in [0.25, 0.3) is 0 Å². The van der Waals surface area contributed by atoms with E-state index in [2.05, 4.69) is 12.1 Å². The highest BCUT2D eigenvalue weighted by atomic mass is 35.5. The van der Waals surface area contributed by atoms with Crippen LogP contribution in [0, 0.1) is 0 Å². The Labute approximate surface area is 160 Å². The van der Waals surface area contributed by atoms with Gasteiger partial charge in [0, 0.05) is 38.1 Å². The Morgan fingerprint density at radius 2 is 1.85 bits per heavy atom. The first-order chi connectivity index (χ1) is 12.5. The van der Waals surface area contributed by atoms with Crippen molar-refractivity contribution in [3.8, 4) is 5.75 Å². The quantitative estimate of drug-likeness (QED) is 0.763. The highest BCUT2D eigenvalue weighted by Crippen LogP contribution is 2.30. The highest BCUT2D eigenvalue weighted by molar-refractivity contribution is 6.30. The minimum absolute atomic E-state index is 0.224. The average Bonchev–Trinajstić information content (AvgIpc) is 2.96. The van der Waals surface area contributed by atoms with E-state index in [-0.39, 0.29) is 11.9 Å². The van der Waals surface area contributed by atoms with Gasteiger partial charge in [-0.3, -0.25) is 4.79 Å². The summed E-state index contributed by atoms with van der Waals surface area (Å²) in [7, 11) is 5.70. The summed E-state index contributed by atoms with van der Waals surface area (Å²) >= 11 is 5.96. The average molecular weight is 373 g/mol. The molecule has 0 spiro atoms. The first kappa shape index (κ1) is 18.6. The molecule has 0 aliphatic carbocycles. The van der Waals surface area contributed by atoms with E-state index in [4.69, 9.17) is 16.3 Å². The van der Waals surface area contributed by atoms with Gasteiger partial charge in [-0.05, 0) is 48.2 Å². The zero-order valence-corrected chi connectivity index (χ0v) is 16.3. The summed E-state index contributed by atoms with van der Waals surface area (Å²) in [4.78, 5) is 16.4. The number of rotatable bonds is 6. The smallest absolute Gasteiger partial charge is 0.223 e. The lowest BCUT2D eigenvalue weighted by atomic mass is 10.0. The Hall–Kier alpha value is -2.20. The van der Waals surface area contributed by atoms with Gasteiger partial charge < -0.3 is 14.5 Å². The first-order valence-electron chi connectivity index (χ1n) is 8.86. The molecule has 1 atom stereocenters. The van der Waals surface area contributed by atoms with Crippen LogP contribution in [-0.2, 0) is 17.8 Å². The SMILES string of the molecule is COc1ccc(CC2CCC(=O)N2Cc2ccc(Cl)cc2)cc1N(C)C. The summed E-state index contributed by atoms with van der Waals surface area (Å²) in [5.74, 6) is 1.09. The van der Waals surface area contributed by atoms with Gasteiger partial charge in [-0.25, -0.2) is 0 Å². The Balaban J connectivity index is 1.76. The first-order valence-corrected chi connectivity index (χ1v) is 9.24. The van der Waals surface area contributed by atoms with Gasteiger partial charge in [-0.1, -0.05) is 29.8 Å². The molecule has 0 bridgehead atoms. The number of halogens is 1. The number of hydrogen-bond acceptors (Lipinski definition) is 3. The van der Waals surface area contributed by atoms with Crippen molar-refractivity contribution >= 4 is 23.2 Å². The van der Waals surface area contributed by atoms with E-state index < -0.39 is 0 Å². The zero-order chi connectivity index (χ0) is 18.7. The third kappa shape index (κ3) is 4.13. The molecule has 1 saturated heterocycles. The van der Waals surface area contributed by atoms with E-state index >= 15 is 0 Å². The van der Waals surface area contributed by atoms with Crippen LogP contribution in [0.25, 0.3) is 0 Å². The molecule has 1 unspecified atom stereocenters. The van der Waals surface area contributed by atoms with Crippen LogP contribution in [-0.4, -0.2) is 38.1 Å². The normalized spacial score (nSPS) is 16.8. The number of methoxy groups -OCH3 is 1. The van der Waals surface area contributed by atoms with E-state index in [1.165, 1.54) is 5.56 Å². The lowest BCUT2D eigenvalue weighted by Crippen LogP contribution is -2.33. The van der Waals surface area contributed by atoms with Crippen LogP contribution in [0.15, 0.2) is 42.5 Å². The second kappa shape index (κ2) is 8.00. The topological polar surface area (TPSA) is 32.8 Å². The van der Waals surface area contributed by atoms with Crippen molar-refractivity contribution in [2.24, 2.45) is 0 Å². The molecule has 2 aromatic rings. The highest BCUT2D eigenvalue weighted by Gasteiger charge is 2.31. The Morgan fingerprint density at radius 1 is 1.15 bits per heavy atom. The summed E-state index contributed by atoms with van der Waals surface area (Å²) in [6.07, 6.45) is 2.37. The van der Waals surface area contributed by atoms with E-state index in [9.17, 15) is 4.79 Å². The lowest BCUT2D eigenvalue weighted by Gasteiger charge is -2.26. The number of benzene rings is 2. The van der Waals surface area contributed by atoms with Gasteiger partial charge in [0.2, 0.25) is 5.91 Å². The van der Waals surface area contributed by atoms with Crippen molar-refractivity contribution in [1.82, 2.24) is 4.90 Å². The molecular weight excluding hydrogens is 348 g/mol. The molecule has 138 valence electrons. The Bertz CT molecular complexity index is 774. The number of anilines is 1. The maximum atomic E-state index is 12.4. The van der Waals surface area contributed by atoms with Crippen LogP contribution in [0.3, 0.4) is 0 Å². The van der Waals surface area contributed by atoms with Crippen LogP contribution >= 0.6 is 11.6 Å². The molecule has 3 rings (SSSR count). The molecule has 5 heteroatoms. The summed E-state index contributed by atoms with van der Waals surface area (Å²) in [5, 5.41) is 0.715. The fraction of sp³-hybridized carbons (Fsp3) is 0.381. The largest absolute Gasteiger partial charge is 0.495 e. The Morgan fingerprint density at radius 3 is 2.50 bits per heavy atom. The molecule has 26 heavy (non-hydrogen) atoms. The van der Waals surface area contributed by atoms with Gasteiger partial charge >= 0.3 is 0 Å². The minimum atomic E-state index is 0.224. The maximum absolute atomic E-state index is 12.4. The fourth-order valence-corrected chi connectivity index (χ4v) is 3.62. The summed E-state index contributed by atoms with van der Waals surface area (Å²) < 4.78 is 5.44. The van der Waals surface area contributed by atoms with Crippen molar-refractivity contribution < 1.29 is 9.53 Å². The van der Waals surface area contributed by atoms with E-state index in [1.54, 1.807) is 7.11 Å². The van der Waals surface area contributed by atoms with E-state index in [0.717, 1.165) is 29.8 Å². The number of amides is 1. The summed E-state index contributed by atoms with van der Waals surface area (Å²) in [6.45, 7) is 0.636. The number of ether oxygens (including phenoxy) is 1. The molecular formula is C21H25ClN2O2. The van der Waals surface area contributed by atoms with Crippen LogP contribution in [0.2, 0.25) is 5.02 Å². The minimum Gasteiger partial charge on any atom is -0.495 e. The molecule has 1 fully saturated rings. The number of nitrogens with zero attached hydrogens (tertiary/aromatic N) is 2. The van der Waals surface area contributed by atoms with Crippen molar-refractivity contribution in [2.45, 2.75) is 31.8 Å². The van der Waals surface area contributed by atoms with Crippen LogP contribution in [0.5, 0.6) is 5.75 Å². The monoisotopic (exact) mass is 372 g/mol. The second-order valence-electron chi connectivity index (χ2n) is 6.95. The van der Waals surface area contributed by atoms with Crippen molar-refractivity contribution in [3.05, 3.63) is 58.6 Å². The molecule has 0 radical (unpaired) electrons. The zero-order valence-electron chi connectivity index (χ0n) is 15.5. The Kier molecular flexibility index (Phi) is 5.72. The van der Waals surface area contributed by atoms with Crippen molar-refractivity contribution in [2.75, 3.05) is 26.1 Å². The summed E-state index contributed by atoms with van der Waals surface area (Å²) in [6, 6.07) is 14.2. The lowest BCUT2D eigenvalue weighted by molar-refractivity contribution is -0.129. The second-order valence-corrected chi connectivity index (χ2v) is 7.38.